The van der Waals surface area contributed by atoms with Crippen LogP contribution in [0.5, 0.6) is 5.75 Å². The molecule has 5 nitrogen and oxygen atoms in total. The van der Waals surface area contributed by atoms with Gasteiger partial charge in [0.2, 0.25) is 0 Å². The van der Waals surface area contributed by atoms with E-state index in [1.54, 1.807) is 23.1 Å². The molecule has 21 heavy (non-hydrogen) atoms. The van der Waals surface area contributed by atoms with Crippen LogP contribution in [-0.4, -0.2) is 27.2 Å². The number of ether oxygens (including phenoxy) is 1. The van der Waals surface area contributed by atoms with E-state index in [9.17, 15) is 4.79 Å². The molecule has 2 aromatic rings. The Balaban J connectivity index is 2.16. The van der Waals surface area contributed by atoms with Crippen molar-refractivity contribution in [3.63, 3.8) is 0 Å². The fourth-order valence-electron chi connectivity index (χ4n) is 2.21. The van der Waals surface area contributed by atoms with Gasteiger partial charge in [-0.05, 0) is 26.3 Å². The molecule has 0 spiro atoms. The van der Waals surface area contributed by atoms with Gasteiger partial charge in [0, 0.05) is 36.5 Å². The highest BCUT2D eigenvalue weighted by molar-refractivity contribution is 5.97. The van der Waals surface area contributed by atoms with Crippen LogP contribution in [0.25, 0.3) is 0 Å². The Morgan fingerprint density at radius 1 is 1.33 bits per heavy atom. The zero-order chi connectivity index (χ0) is 15.4. The Kier molecular flexibility index (Phi) is 4.73. The van der Waals surface area contributed by atoms with Crippen molar-refractivity contribution in [2.45, 2.75) is 33.6 Å². The summed E-state index contributed by atoms with van der Waals surface area (Å²) < 4.78 is 7.32. The monoisotopic (exact) mass is 287 g/mol. The van der Waals surface area contributed by atoms with Gasteiger partial charge in [0.1, 0.15) is 5.75 Å². The van der Waals surface area contributed by atoms with Crippen molar-refractivity contribution in [3.05, 3.63) is 41.0 Å². The molecule has 5 heteroatoms. The van der Waals surface area contributed by atoms with Gasteiger partial charge in [-0.1, -0.05) is 6.92 Å². The van der Waals surface area contributed by atoms with Crippen LogP contribution in [0.4, 0.5) is 0 Å². The van der Waals surface area contributed by atoms with E-state index >= 15 is 0 Å². The van der Waals surface area contributed by atoms with Crippen molar-refractivity contribution in [2.75, 3.05) is 6.61 Å². The van der Waals surface area contributed by atoms with E-state index < -0.39 is 0 Å². The highest BCUT2D eigenvalue weighted by Gasteiger charge is 2.15. The topological polar surface area (TPSA) is 57.0 Å². The van der Waals surface area contributed by atoms with Crippen molar-refractivity contribution in [1.82, 2.24) is 14.8 Å². The van der Waals surface area contributed by atoms with E-state index in [1.165, 1.54) is 0 Å². The van der Waals surface area contributed by atoms with Gasteiger partial charge >= 0.3 is 0 Å². The first-order chi connectivity index (χ1) is 10.0. The van der Waals surface area contributed by atoms with Crippen LogP contribution < -0.4 is 4.74 Å². The summed E-state index contributed by atoms with van der Waals surface area (Å²) in [5, 5.41) is 4.34. The van der Waals surface area contributed by atoms with Gasteiger partial charge in [0.25, 0.3) is 0 Å². The van der Waals surface area contributed by atoms with Crippen LogP contribution in [0.2, 0.25) is 0 Å². The minimum absolute atomic E-state index is 0.0312. The molecule has 0 amide bonds. The molecule has 2 aromatic heterocycles. The van der Waals surface area contributed by atoms with Gasteiger partial charge in [-0.25, -0.2) is 0 Å². The van der Waals surface area contributed by atoms with Gasteiger partial charge in [-0.3, -0.25) is 14.5 Å². The third kappa shape index (κ3) is 3.48. The summed E-state index contributed by atoms with van der Waals surface area (Å²) in [6.45, 7) is 6.56. The van der Waals surface area contributed by atoms with Crippen molar-refractivity contribution >= 4 is 5.78 Å². The Labute approximate surface area is 125 Å². The van der Waals surface area contributed by atoms with Crippen LogP contribution in [0, 0.1) is 13.8 Å². The number of hydrogen-bond acceptors (Lipinski definition) is 4. The van der Waals surface area contributed by atoms with Crippen LogP contribution >= 0.6 is 0 Å². The van der Waals surface area contributed by atoms with Gasteiger partial charge in [-0.2, -0.15) is 5.10 Å². The number of aryl methyl sites for hydroxylation is 2. The maximum atomic E-state index is 12.4. The minimum Gasteiger partial charge on any atom is -0.492 e. The first kappa shape index (κ1) is 15.2. The summed E-state index contributed by atoms with van der Waals surface area (Å²) in [5.74, 6) is 0.672. The number of carbonyl (C=O) groups excluding carboxylic acids is 1. The SMILES string of the molecule is CCCOc1cncc(C(=O)Cc2c(C)nn(C)c2C)c1. The summed E-state index contributed by atoms with van der Waals surface area (Å²) in [6.07, 6.45) is 4.48. The van der Waals surface area contributed by atoms with Crippen molar-refractivity contribution in [3.8, 4) is 5.75 Å². The summed E-state index contributed by atoms with van der Waals surface area (Å²) >= 11 is 0. The quantitative estimate of drug-likeness (QED) is 0.766. The lowest BCUT2D eigenvalue weighted by Crippen LogP contribution is -2.07. The molecule has 2 rings (SSSR count). The Morgan fingerprint density at radius 2 is 2.10 bits per heavy atom. The van der Waals surface area contributed by atoms with Crippen LogP contribution in [0.3, 0.4) is 0 Å². The Hall–Kier alpha value is -2.17. The fourth-order valence-corrected chi connectivity index (χ4v) is 2.21. The van der Waals surface area contributed by atoms with E-state index in [2.05, 4.69) is 10.1 Å². The van der Waals surface area contributed by atoms with Crippen molar-refractivity contribution in [1.29, 1.82) is 0 Å². The van der Waals surface area contributed by atoms with Crippen LogP contribution in [0.15, 0.2) is 18.5 Å². The third-order valence-electron chi connectivity index (χ3n) is 3.50. The molecule has 0 aliphatic rings. The number of ketones is 1. The number of Topliss-reactive ketones (excluding diaryl/α,β-unsaturated/α-hetero) is 1. The molecule has 0 atom stereocenters. The van der Waals surface area contributed by atoms with E-state index in [4.69, 9.17) is 4.74 Å². The van der Waals surface area contributed by atoms with E-state index in [0.717, 1.165) is 23.4 Å². The molecule has 0 saturated heterocycles. The summed E-state index contributed by atoms with van der Waals surface area (Å²) in [5.41, 5.74) is 3.48. The molecule has 0 unspecified atom stereocenters. The zero-order valence-electron chi connectivity index (χ0n) is 13.0. The van der Waals surface area contributed by atoms with Gasteiger partial charge in [-0.15, -0.1) is 0 Å². The Bertz CT molecular complexity index is 647. The molecule has 0 aromatic carbocycles. The van der Waals surface area contributed by atoms with E-state index in [-0.39, 0.29) is 5.78 Å². The zero-order valence-corrected chi connectivity index (χ0v) is 13.0. The third-order valence-corrected chi connectivity index (χ3v) is 3.50. The average molecular weight is 287 g/mol. The average Bonchev–Trinajstić information content (AvgIpc) is 2.72. The second-order valence-corrected chi connectivity index (χ2v) is 5.13. The van der Waals surface area contributed by atoms with Gasteiger partial charge in [0.15, 0.2) is 5.78 Å². The summed E-state index contributed by atoms with van der Waals surface area (Å²) in [7, 11) is 1.89. The standard InChI is InChI=1S/C16H21N3O2/c1-5-6-21-14-7-13(9-17-10-14)16(20)8-15-11(2)18-19(4)12(15)3/h7,9-10H,5-6,8H2,1-4H3. The predicted octanol–water partition coefficient (Wildman–Crippen LogP) is 2.65. The van der Waals surface area contributed by atoms with Crippen molar-refractivity contribution < 1.29 is 9.53 Å². The molecule has 0 aliphatic carbocycles. The van der Waals surface area contributed by atoms with E-state index in [1.807, 2.05) is 27.8 Å². The van der Waals surface area contributed by atoms with Crippen LogP contribution in [0.1, 0.15) is 40.7 Å². The van der Waals surface area contributed by atoms with Gasteiger partial charge < -0.3 is 4.74 Å². The Morgan fingerprint density at radius 3 is 2.71 bits per heavy atom. The molecular weight excluding hydrogens is 266 g/mol. The molecule has 0 N–H and O–H groups in total. The molecule has 0 radical (unpaired) electrons. The molecule has 2 heterocycles. The second-order valence-electron chi connectivity index (χ2n) is 5.13. The number of carbonyl (C=O) groups is 1. The maximum Gasteiger partial charge on any atom is 0.169 e. The fraction of sp³-hybridized carbons (Fsp3) is 0.438. The predicted molar refractivity (Wildman–Crippen MR) is 80.7 cm³/mol. The second kappa shape index (κ2) is 6.52. The highest BCUT2D eigenvalue weighted by Crippen LogP contribution is 2.17. The lowest BCUT2D eigenvalue weighted by atomic mass is 10.0. The first-order valence-corrected chi connectivity index (χ1v) is 7.13. The smallest absolute Gasteiger partial charge is 0.169 e. The molecule has 0 fully saturated rings. The highest BCUT2D eigenvalue weighted by atomic mass is 16.5. The van der Waals surface area contributed by atoms with Gasteiger partial charge in [0.05, 0.1) is 18.5 Å². The van der Waals surface area contributed by atoms with Crippen LogP contribution in [-0.2, 0) is 13.5 Å². The lowest BCUT2D eigenvalue weighted by molar-refractivity contribution is 0.0991. The number of pyridine rings is 1. The first-order valence-electron chi connectivity index (χ1n) is 7.13. The number of nitrogens with zero attached hydrogens (tertiary/aromatic N) is 3. The number of hydrogen-bond donors (Lipinski definition) is 0. The number of aromatic nitrogens is 3. The van der Waals surface area contributed by atoms with E-state index in [0.29, 0.717) is 24.3 Å². The largest absolute Gasteiger partial charge is 0.492 e. The van der Waals surface area contributed by atoms with Crippen molar-refractivity contribution in [2.24, 2.45) is 7.05 Å². The number of rotatable bonds is 6. The summed E-state index contributed by atoms with van der Waals surface area (Å²) in [6, 6.07) is 1.76. The normalized spacial score (nSPS) is 10.7. The maximum absolute atomic E-state index is 12.4. The molecule has 112 valence electrons. The minimum atomic E-state index is 0.0312. The molecule has 0 saturated carbocycles. The molecular formula is C16H21N3O2. The molecule has 0 bridgehead atoms. The lowest BCUT2D eigenvalue weighted by Gasteiger charge is -2.06. The summed E-state index contributed by atoms with van der Waals surface area (Å²) in [4.78, 5) is 16.5. The molecule has 0 aliphatic heterocycles.